The highest BCUT2D eigenvalue weighted by Crippen LogP contribution is 2.30. The van der Waals surface area contributed by atoms with Crippen molar-refractivity contribution >= 4 is 22.4 Å². The summed E-state index contributed by atoms with van der Waals surface area (Å²) in [7, 11) is 1.52. The Hall–Kier alpha value is -1.48. The van der Waals surface area contributed by atoms with Gasteiger partial charge >= 0.3 is 5.63 Å². The molecule has 1 heterocycles. The van der Waals surface area contributed by atoms with Crippen LogP contribution in [0.15, 0.2) is 27.4 Å². The molecule has 3 nitrogen and oxygen atoms in total. The first-order chi connectivity index (χ1) is 6.74. The van der Waals surface area contributed by atoms with E-state index in [1.165, 1.54) is 13.2 Å². The molecule has 0 bridgehead atoms. The zero-order valence-electron chi connectivity index (χ0n) is 7.33. The van der Waals surface area contributed by atoms with Crippen LogP contribution in [0.25, 0.3) is 10.8 Å². The van der Waals surface area contributed by atoms with Crippen molar-refractivity contribution in [2.75, 3.05) is 7.11 Å². The summed E-state index contributed by atoms with van der Waals surface area (Å²) in [6, 6.07) is 4.75. The number of rotatable bonds is 1. The molecule has 0 amide bonds. The number of hydrogen-bond acceptors (Lipinski definition) is 3. The second-order valence-electron chi connectivity index (χ2n) is 2.69. The highest BCUT2D eigenvalue weighted by molar-refractivity contribution is 6.36. The molecule has 0 aliphatic heterocycles. The second kappa shape index (κ2) is 3.35. The van der Waals surface area contributed by atoms with Crippen LogP contribution in [0, 0.1) is 6.26 Å². The zero-order valence-corrected chi connectivity index (χ0v) is 8.09. The van der Waals surface area contributed by atoms with Crippen molar-refractivity contribution in [3.05, 3.63) is 39.9 Å². The average molecular weight is 210 g/mol. The minimum absolute atomic E-state index is 0.397. The van der Waals surface area contributed by atoms with Gasteiger partial charge in [-0.05, 0) is 18.2 Å². The lowest BCUT2D eigenvalue weighted by Crippen LogP contribution is -1.98. The third-order valence-corrected chi connectivity index (χ3v) is 2.33. The van der Waals surface area contributed by atoms with Crippen LogP contribution in [0.3, 0.4) is 0 Å². The Balaban J connectivity index is 2.91. The summed E-state index contributed by atoms with van der Waals surface area (Å²) in [6.07, 6.45) is 2.37. The van der Waals surface area contributed by atoms with Crippen LogP contribution in [-0.2, 0) is 0 Å². The smallest absolute Gasteiger partial charge is 0.344 e. The van der Waals surface area contributed by atoms with E-state index in [9.17, 15) is 4.79 Å². The molecular formula is C10H6ClO3. The van der Waals surface area contributed by atoms with Gasteiger partial charge in [0.25, 0.3) is 0 Å². The van der Waals surface area contributed by atoms with Gasteiger partial charge in [0.1, 0.15) is 5.75 Å². The quantitative estimate of drug-likeness (QED) is 0.723. The van der Waals surface area contributed by atoms with Gasteiger partial charge in [-0.3, -0.25) is 0 Å². The summed E-state index contributed by atoms with van der Waals surface area (Å²) in [5.74, 6) is 0.526. The van der Waals surface area contributed by atoms with Crippen molar-refractivity contribution in [2.45, 2.75) is 0 Å². The third-order valence-electron chi connectivity index (χ3n) is 1.94. The monoisotopic (exact) mass is 209 g/mol. The summed E-state index contributed by atoms with van der Waals surface area (Å²) in [5, 5.41) is 1.41. The molecule has 0 atom stereocenters. The Morgan fingerprint density at radius 3 is 2.93 bits per heavy atom. The fraction of sp³-hybridized carbons (Fsp3) is 0.100. The fourth-order valence-electron chi connectivity index (χ4n) is 1.25. The summed E-state index contributed by atoms with van der Waals surface area (Å²) in [4.78, 5) is 11.2. The SMILES string of the molecule is COc1ccc2c(=O)o[c]cc2c1Cl. The van der Waals surface area contributed by atoms with Gasteiger partial charge in [-0.15, -0.1) is 0 Å². The Bertz CT molecular complexity index is 530. The Kier molecular flexibility index (Phi) is 2.17. The van der Waals surface area contributed by atoms with Gasteiger partial charge in [0.2, 0.25) is 0 Å². The molecule has 1 radical (unpaired) electrons. The molecule has 0 aliphatic carbocycles. The van der Waals surface area contributed by atoms with Gasteiger partial charge in [-0.2, -0.15) is 0 Å². The van der Waals surface area contributed by atoms with Crippen molar-refractivity contribution in [3.63, 3.8) is 0 Å². The number of benzene rings is 1. The van der Waals surface area contributed by atoms with Crippen LogP contribution in [0.4, 0.5) is 0 Å². The molecule has 0 fully saturated rings. The summed E-state index contributed by atoms with van der Waals surface area (Å²) in [5.41, 5.74) is -0.452. The van der Waals surface area contributed by atoms with Crippen molar-refractivity contribution < 1.29 is 9.15 Å². The molecule has 0 saturated heterocycles. The van der Waals surface area contributed by atoms with Crippen LogP contribution in [0.2, 0.25) is 5.02 Å². The highest BCUT2D eigenvalue weighted by Gasteiger charge is 2.08. The number of halogens is 1. The van der Waals surface area contributed by atoms with Crippen LogP contribution in [0.5, 0.6) is 5.75 Å². The van der Waals surface area contributed by atoms with Crippen molar-refractivity contribution in [3.8, 4) is 5.75 Å². The molecule has 0 unspecified atom stereocenters. The Labute approximate surface area is 84.9 Å². The standard InChI is InChI=1S/C10H6ClO3/c1-13-8-3-2-7-6(9(8)11)4-5-14-10(7)12/h2-4H,1H3. The first kappa shape index (κ1) is 9.09. The lowest BCUT2D eigenvalue weighted by molar-refractivity contribution is 0.415. The number of hydrogen-bond donors (Lipinski definition) is 0. The molecule has 1 aromatic carbocycles. The molecular weight excluding hydrogens is 204 g/mol. The average Bonchev–Trinajstić information content (AvgIpc) is 2.20. The first-order valence-corrected chi connectivity index (χ1v) is 4.28. The topological polar surface area (TPSA) is 39.4 Å². The van der Waals surface area contributed by atoms with Crippen molar-refractivity contribution in [1.82, 2.24) is 0 Å². The van der Waals surface area contributed by atoms with Crippen LogP contribution in [-0.4, -0.2) is 7.11 Å². The minimum Gasteiger partial charge on any atom is -0.495 e. The molecule has 0 N–H and O–H groups in total. The van der Waals surface area contributed by atoms with Gasteiger partial charge in [-0.25, -0.2) is 4.79 Å². The van der Waals surface area contributed by atoms with Crippen molar-refractivity contribution in [2.24, 2.45) is 0 Å². The lowest BCUT2D eigenvalue weighted by Gasteiger charge is -2.04. The van der Waals surface area contributed by atoms with E-state index in [1.54, 1.807) is 12.1 Å². The predicted octanol–water partition coefficient (Wildman–Crippen LogP) is 2.26. The van der Waals surface area contributed by atoms with Gasteiger partial charge in [0.15, 0.2) is 6.26 Å². The maximum Gasteiger partial charge on any atom is 0.344 e. The molecule has 0 saturated carbocycles. The number of methoxy groups -OCH3 is 1. The predicted molar refractivity (Wildman–Crippen MR) is 52.9 cm³/mol. The van der Waals surface area contributed by atoms with Crippen LogP contribution in [0.1, 0.15) is 0 Å². The molecule has 71 valence electrons. The van der Waals surface area contributed by atoms with E-state index in [2.05, 4.69) is 10.7 Å². The number of ether oxygens (including phenoxy) is 1. The van der Waals surface area contributed by atoms with Crippen LogP contribution < -0.4 is 10.4 Å². The normalized spacial score (nSPS) is 10.4. The molecule has 1 aromatic heterocycles. The van der Waals surface area contributed by atoms with Gasteiger partial charge in [0.05, 0.1) is 17.5 Å². The molecule has 0 spiro atoms. The van der Waals surface area contributed by atoms with E-state index < -0.39 is 5.63 Å². The molecule has 2 rings (SSSR count). The van der Waals surface area contributed by atoms with E-state index in [-0.39, 0.29) is 0 Å². The fourth-order valence-corrected chi connectivity index (χ4v) is 1.54. The highest BCUT2D eigenvalue weighted by atomic mass is 35.5. The molecule has 2 aromatic rings. The van der Waals surface area contributed by atoms with Crippen LogP contribution >= 0.6 is 11.6 Å². The van der Waals surface area contributed by atoms with E-state index in [0.717, 1.165) is 0 Å². The summed E-state index contributed by atoms with van der Waals surface area (Å²) < 4.78 is 9.60. The largest absolute Gasteiger partial charge is 0.495 e. The number of fused-ring (bicyclic) bond motifs is 1. The maximum atomic E-state index is 11.2. The van der Waals surface area contributed by atoms with E-state index in [4.69, 9.17) is 16.3 Å². The zero-order chi connectivity index (χ0) is 10.1. The second-order valence-corrected chi connectivity index (χ2v) is 3.07. The van der Waals surface area contributed by atoms with Gasteiger partial charge in [-0.1, -0.05) is 11.6 Å². The molecule has 14 heavy (non-hydrogen) atoms. The van der Waals surface area contributed by atoms with Gasteiger partial charge < -0.3 is 9.15 Å². The summed E-state index contributed by atoms with van der Waals surface area (Å²) in [6.45, 7) is 0. The van der Waals surface area contributed by atoms with Gasteiger partial charge in [0, 0.05) is 5.39 Å². The Morgan fingerprint density at radius 2 is 2.21 bits per heavy atom. The van der Waals surface area contributed by atoms with E-state index in [1.807, 2.05) is 0 Å². The lowest BCUT2D eigenvalue weighted by atomic mass is 10.2. The molecule has 0 aliphatic rings. The minimum atomic E-state index is -0.452. The van der Waals surface area contributed by atoms with E-state index >= 15 is 0 Å². The molecule has 4 heteroatoms. The summed E-state index contributed by atoms with van der Waals surface area (Å²) >= 11 is 5.99. The first-order valence-electron chi connectivity index (χ1n) is 3.90. The van der Waals surface area contributed by atoms with E-state index in [0.29, 0.717) is 21.5 Å². The maximum absolute atomic E-state index is 11.2. The third kappa shape index (κ3) is 1.26. The Morgan fingerprint density at radius 1 is 1.43 bits per heavy atom. The van der Waals surface area contributed by atoms with Crippen molar-refractivity contribution in [1.29, 1.82) is 0 Å².